The first-order valence-electron chi connectivity index (χ1n) is 9.65. The third kappa shape index (κ3) is 3.63. The molecular weight excluding hydrogens is 310 g/mol. The number of nitrogens with zero attached hydrogens (tertiary/aromatic N) is 2. The first-order valence-corrected chi connectivity index (χ1v) is 9.65. The minimum absolute atomic E-state index is 0.0640. The van der Waals surface area contributed by atoms with E-state index in [1.54, 1.807) is 10.9 Å². The van der Waals surface area contributed by atoms with E-state index >= 15 is 0 Å². The number of rotatable bonds is 4. The van der Waals surface area contributed by atoms with Gasteiger partial charge < -0.3 is 5.32 Å². The first-order chi connectivity index (χ1) is 12.3. The lowest BCUT2D eigenvalue weighted by Gasteiger charge is -2.39. The Morgan fingerprint density at radius 2 is 1.84 bits per heavy atom. The zero-order valence-corrected chi connectivity index (χ0v) is 14.7. The number of hydrogen-bond donors (Lipinski definition) is 1. The molecule has 2 aromatic rings. The Balaban J connectivity index is 1.48. The van der Waals surface area contributed by atoms with Gasteiger partial charge in [0.15, 0.2) is 6.04 Å². The molecule has 132 valence electrons. The van der Waals surface area contributed by atoms with Crippen molar-refractivity contribution in [3.05, 3.63) is 54.4 Å². The third-order valence-electron chi connectivity index (χ3n) is 6.04. The molecule has 1 heterocycles. The Morgan fingerprint density at radius 3 is 2.60 bits per heavy atom. The summed E-state index contributed by atoms with van der Waals surface area (Å²) < 4.78 is 1.76. The Morgan fingerprint density at radius 1 is 1.04 bits per heavy atom. The number of aromatic nitrogens is 2. The highest BCUT2D eigenvalue weighted by atomic mass is 16.2. The highest BCUT2D eigenvalue weighted by Crippen LogP contribution is 2.40. The zero-order valence-electron chi connectivity index (χ0n) is 14.7. The molecule has 2 fully saturated rings. The number of nitrogens with one attached hydrogen (secondary N) is 1. The van der Waals surface area contributed by atoms with Gasteiger partial charge in [0.1, 0.15) is 0 Å². The van der Waals surface area contributed by atoms with E-state index in [4.69, 9.17) is 0 Å². The number of benzene rings is 1. The molecule has 1 aromatic carbocycles. The van der Waals surface area contributed by atoms with Gasteiger partial charge in [0.25, 0.3) is 0 Å². The standard InChI is InChI=1S/C21H27N3O/c25-21(23-19-12-11-16-7-4-5-10-18(16)15-19)20(24-14-6-13-22-24)17-8-2-1-3-9-17/h1-3,6,8-9,13-14,16,18-20H,4-5,7,10-12,15H2,(H,23,25)/t16-,18+,19+,20+/m0/s1. The normalized spacial score (nSPS) is 27.3. The van der Waals surface area contributed by atoms with Crippen LogP contribution in [-0.2, 0) is 4.79 Å². The molecule has 0 unspecified atom stereocenters. The summed E-state index contributed by atoms with van der Waals surface area (Å²) in [7, 11) is 0. The Kier molecular flexibility index (Phi) is 4.86. The monoisotopic (exact) mass is 337 g/mol. The summed E-state index contributed by atoms with van der Waals surface area (Å²) in [6.45, 7) is 0. The van der Waals surface area contributed by atoms with Crippen LogP contribution < -0.4 is 5.32 Å². The molecule has 4 atom stereocenters. The molecule has 0 saturated heterocycles. The van der Waals surface area contributed by atoms with Crippen LogP contribution in [0.15, 0.2) is 48.8 Å². The first kappa shape index (κ1) is 16.4. The van der Waals surface area contributed by atoms with Crippen molar-refractivity contribution in [2.75, 3.05) is 0 Å². The van der Waals surface area contributed by atoms with Crippen molar-refractivity contribution in [3.63, 3.8) is 0 Å². The van der Waals surface area contributed by atoms with Crippen LogP contribution in [-0.4, -0.2) is 21.7 Å². The van der Waals surface area contributed by atoms with Gasteiger partial charge in [-0.15, -0.1) is 0 Å². The van der Waals surface area contributed by atoms with Crippen LogP contribution in [0.1, 0.15) is 56.6 Å². The van der Waals surface area contributed by atoms with E-state index < -0.39 is 0 Å². The van der Waals surface area contributed by atoms with Crippen molar-refractivity contribution in [1.82, 2.24) is 15.1 Å². The molecule has 2 saturated carbocycles. The third-order valence-corrected chi connectivity index (χ3v) is 6.04. The summed E-state index contributed by atoms with van der Waals surface area (Å²) in [5.74, 6) is 1.78. The molecule has 2 aliphatic rings. The van der Waals surface area contributed by atoms with Crippen LogP contribution in [0.5, 0.6) is 0 Å². The molecule has 25 heavy (non-hydrogen) atoms. The predicted molar refractivity (Wildman–Crippen MR) is 98.0 cm³/mol. The van der Waals surface area contributed by atoms with E-state index in [1.807, 2.05) is 42.6 Å². The van der Waals surface area contributed by atoms with E-state index in [9.17, 15) is 4.79 Å². The summed E-state index contributed by atoms with van der Waals surface area (Å²) >= 11 is 0. The number of carbonyl (C=O) groups is 1. The van der Waals surface area contributed by atoms with E-state index in [0.717, 1.165) is 30.2 Å². The highest BCUT2D eigenvalue weighted by Gasteiger charge is 2.34. The summed E-state index contributed by atoms with van der Waals surface area (Å²) in [5, 5.41) is 7.67. The van der Waals surface area contributed by atoms with Gasteiger partial charge in [-0.2, -0.15) is 5.10 Å². The largest absolute Gasteiger partial charge is 0.351 e. The zero-order chi connectivity index (χ0) is 17.1. The number of amides is 1. The lowest BCUT2D eigenvalue weighted by atomic mass is 9.69. The van der Waals surface area contributed by atoms with Crippen LogP contribution in [0.2, 0.25) is 0 Å². The minimum atomic E-state index is -0.389. The van der Waals surface area contributed by atoms with Gasteiger partial charge in [-0.25, -0.2) is 0 Å². The van der Waals surface area contributed by atoms with Crippen molar-refractivity contribution < 1.29 is 4.79 Å². The van der Waals surface area contributed by atoms with Gasteiger partial charge in [0.2, 0.25) is 5.91 Å². The lowest BCUT2D eigenvalue weighted by molar-refractivity contribution is -0.124. The van der Waals surface area contributed by atoms with Crippen LogP contribution in [0.4, 0.5) is 0 Å². The summed E-state index contributed by atoms with van der Waals surface area (Å²) in [4.78, 5) is 13.1. The molecule has 0 aliphatic heterocycles. The molecule has 0 radical (unpaired) electrons. The maximum atomic E-state index is 13.1. The van der Waals surface area contributed by atoms with Crippen molar-refractivity contribution in [1.29, 1.82) is 0 Å². The maximum absolute atomic E-state index is 13.1. The molecule has 4 nitrogen and oxygen atoms in total. The average molecular weight is 337 g/mol. The van der Waals surface area contributed by atoms with Crippen molar-refractivity contribution in [2.45, 2.75) is 57.0 Å². The van der Waals surface area contributed by atoms with Crippen molar-refractivity contribution in [2.24, 2.45) is 11.8 Å². The molecule has 4 heteroatoms. The molecule has 1 N–H and O–H groups in total. The molecule has 1 aromatic heterocycles. The molecule has 4 rings (SSSR count). The van der Waals surface area contributed by atoms with E-state index in [-0.39, 0.29) is 11.9 Å². The van der Waals surface area contributed by atoms with E-state index in [0.29, 0.717) is 6.04 Å². The van der Waals surface area contributed by atoms with Crippen molar-refractivity contribution >= 4 is 5.91 Å². The van der Waals surface area contributed by atoms with Gasteiger partial charge in [-0.05, 0) is 42.7 Å². The maximum Gasteiger partial charge on any atom is 0.249 e. The minimum Gasteiger partial charge on any atom is -0.351 e. The lowest BCUT2D eigenvalue weighted by Crippen LogP contribution is -2.44. The van der Waals surface area contributed by atoms with Crippen LogP contribution in [0, 0.1) is 11.8 Å². The quantitative estimate of drug-likeness (QED) is 0.918. The fourth-order valence-electron chi connectivity index (χ4n) is 4.78. The van der Waals surface area contributed by atoms with Gasteiger partial charge >= 0.3 is 0 Å². The molecule has 2 aliphatic carbocycles. The molecular formula is C21H27N3O. The van der Waals surface area contributed by atoms with Crippen LogP contribution >= 0.6 is 0 Å². The fraction of sp³-hybridized carbons (Fsp3) is 0.524. The van der Waals surface area contributed by atoms with E-state index in [1.165, 1.54) is 32.1 Å². The van der Waals surface area contributed by atoms with Crippen molar-refractivity contribution in [3.8, 4) is 0 Å². The number of fused-ring (bicyclic) bond motifs is 1. The molecule has 0 spiro atoms. The Labute approximate surface area is 149 Å². The topological polar surface area (TPSA) is 46.9 Å². The average Bonchev–Trinajstić information content (AvgIpc) is 3.17. The summed E-state index contributed by atoms with van der Waals surface area (Å²) in [6, 6.07) is 11.7. The number of hydrogen-bond acceptors (Lipinski definition) is 2. The smallest absolute Gasteiger partial charge is 0.249 e. The Hall–Kier alpha value is -2.10. The SMILES string of the molecule is O=C(N[C@@H]1CC[C@@H]2CCCC[C@@H]2C1)[C@@H](c1ccccc1)n1cccn1. The molecule has 1 amide bonds. The predicted octanol–water partition coefficient (Wildman–Crippen LogP) is 3.95. The van der Waals surface area contributed by atoms with Gasteiger partial charge in [0, 0.05) is 18.4 Å². The number of carbonyl (C=O) groups excluding carboxylic acids is 1. The highest BCUT2D eigenvalue weighted by molar-refractivity contribution is 5.83. The van der Waals surface area contributed by atoms with Crippen LogP contribution in [0.3, 0.4) is 0 Å². The van der Waals surface area contributed by atoms with Gasteiger partial charge in [0.05, 0.1) is 0 Å². The van der Waals surface area contributed by atoms with Gasteiger partial charge in [-0.3, -0.25) is 9.48 Å². The summed E-state index contributed by atoms with van der Waals surface area (Å²) in [5.41, 5.74) is 0.982. The van der Waals surface area contributed by atoms with Gasteiger partial charge in [-0.1, -0.05) is 56.0 Å². The van der Waals surface area contributed by atoms with Crippen LogP contribution in [0.25, 0.3) is 0 Å². The second-order valence-electron chi connectivity index (χ2n) is 7.62. The Bertz CT molecular complexity index is 682. The second-order valence-corrected chi connectivity index (χ2v) is 7.62. The van der Waals surface area contributed by atoms with E-state index in [2.05, 4.69) is 10.4 Å². The summed E-state index contributed by atoms with van der Waals surface area (Å²) in [6.07, 6.45) is 12.6. The molecule has 0 bridgehead atoms. The second kappa shape index (κ2) is 7.42. The fourth-order valence-corrected chi connectivity index (χ4v) is 4.78.